The monoisotopic (exact) mass is 805 g/mol. The fourth-order valence-electron chi connectivity index (χ4n) is 5.53. The third-order valence-electron chi connectivity index (χ3n) is 9.69. The molecular weight excluding hydrogens is 754 g/mol. The summed E-state index contributed by atoms with van der Waals surface area (Å²) in [5, 5.41) is 14.7. The van der Waals surface area contributed by atoms with E-state index in [0.717, 1.165) is 63.8 Å². The molecule has 0 saturated heterocycles. The second kappa shape index (κ2) is 15.3. The van der Waals surface area contributed by atoms with Crippen molar-refractivity contribution < 1.29 is 34.4 Å². The Balaban J connectivity index is 0.000000343. The summed E-state index contributed by atoms with van der Waals surface area (Å²) in [6, 6.07) is 17.6. The summed E-state index contributed by atoms with van der Waals surface area (Å²) in [5.74, 6) is 0.221. The molecule has 3 aromatic carbocycles. The predicted molar refractivity (Wildman–Crippen MR) is 189 cm³/mol. The molecule has 0 saturated carbocycles. The number of halogens is 1. The van der Waals surface area contributed by atoms with Gasteiger partial charge in [0.1, 0.15) is 11.6 Å². The van der Waals surface area contributed by atoms with Crippen molar-refractivity contribution in [2.24, 2.45) is 10.8 Å². The van der Waals surface area contributed by atoms with Crippen LogP contribution < -0.4 is 5.19 Å². The van der Waals surface area contributed by atoms with Gasteiger partial charge >= 0.3 is 0 Å². The Morgan fingerprint density at radius 1 is 0.867 bits per heavy atom. The molecule has 0 aliphatic carbocycles. The number of nitrogens with zero attached hydrogens (tertiary/aromatic N) is 1. The number of hydrogen-bond acceptors (Lipinski definition) is 3. The summed E-state index contributed by atoms with van der Waals surface area (Å²) >= 11 is 0. The van der Waals surface area contributed by atoms with Crippen LogP contribution in [-0.4, -0.2) is 23.9 Å². The number of aliphatic hydroxyl groups is 1. The Kier molecular flexibility index (Phi) is 13.1. The number of fused-ring (bicyclic) bond motifs is 3. The molecule has 1 aromatic heterocycles. The summed E-state index contributed by atoms with van der Waals surface area (Å²) in [6.07, 6.45) is 6.57. The number of aryl methyl sites for hydroxylation is 2. The van der Waals surface area contributed by atoms with Crippen LogP contribution in [0.2, 0.25) is 19.6 Å². The zero-order valence-corrected chi connectivity index (χ0v) is 32.4. The molecule has 245 valence electrons. The Labute approximate surface area is 285 Å². The Morgan fingerprint density at radius 3 is 1.93 bits per heavy atom. The van der Waals surface area contributed by atoms with Gasteiger partial charge in [-0.05, 0) is 58.8 Å². The molecular formula is C39H51FIrNO2Si-. The number of aliphatic hydroxyl groups excluding tert-OH is 1. The average molecular weight is 805 g/mol. The van der Waals surface area contributed by atoms with E-state index in [1.165, 1.54) is 11.6 Å². The van der Waals surface area contributed by atoms with E-state index in [9.17, 15) is 9.90 Å². The smallest absolute Gasteiger partial charge is 0.164 e. The molecule has 0 fully saturated rings. The summed E-state index contributed by atoms with van der Waals surface area (Å²) in [6.45, 7) is 22.7. The first-order valence-electron chi connectivity index (χ1n) is 16.0. The number of ketones is 1. The van der Waals surface area contributed by atoms with Crippen LogP contribution in [0.25, 0.3) is 32.8 Å². The topological polar surface area (TPSA) is 50.2 Å². The minimum absolute atomic E-state index is 0. The quantitative estimate of drug-likeness (QED) is 0.0603. The maximum atomic E-state index is 15.2. The number of hydrogen-bond donors (Lipinski definition) is 1. The molecule has 45 heavy (non-hydrogen) atoms. The van der Waals surface area contributed by atoms with Gasteiger partial charge in [-0.1, -0.05) is 99.3 Å². The van der Waals surface area contributed by atoms with E-state index in [1.54, 1.807) is 0 Å². The van der Waals surface area contributed by atoms with E-state index < -0.39 is 8.07 Å². The van der Waals surface area contributed by atoms with Crippen LogP contribution in [0.1, 0.15) is 78.4 Å². The fourth-order valence-corrected chi connectivity index (χ4v) is 6.91. The number of carbonyl (C=O) groups is 1. The SMILES string of the molecule is CCC(C)(CC)C(=O)C=C(O)C(C)(CC)CC.Cc1[c-]c(-c2nccc3c2ccc2c(F)c([Si](C)(C)C)ccc23)cc(C)c1.[Ir]. The van der Waals surface area contributed by atoms with Crippen LogP contribution in [-0.2, 0) is 24.9 Å². The minimum Gasteiger partial charge on any atom is -0.512 e. The van der Waals surface area contributed by atoms with E-state index >= 15 is 4.39 Å². The molecule has 0 amide bonds. The van der Waals surface area contributed by atoms with Crippen molar-refractivity contribution in [1.29, 1.82) is 0 Å². The van der Waals surface area contributed by atoms with Crippen molar-refractivity contribution in [3.05, 3.63) is 83.5 Å². The standard InChI is InChI=1S/C24H23FNSi.C15H28O2.Ir/c1-15-12-16(2)14-17(13-15)24-21-7-6-20-18(19(21)10-11-26-24)8-9-22(23(20)25)27(3,4)5;1-7-14(5,8-2)12(16)11-13(17)15(6,9-3)10-4;/h6-13H,1-5H3;11,16H,7-10H2,1-6H3;/q-1;;. The van der Waals surface area contributed by atoms with Crippen molar-refractivity contribution >= 4 is 40.6 Å². The molecule has 0 aliphatic rings. The molecule has 4 aromatic rings. The summed E-state index contributed by atoms with van der Waals surface area (Å²) in [7, 11) is -1.73. The molecule has 1 heterocycles. The second-order valence-electron chi connectivity index (χ2n) is 13.8. The maximum Gasteiger partial charge on any atom is 0.164 e. The molecule has 6 heteroatoms. The van der Waals surface area contributed by atoms with Gasteiger partial charge in [-0.3, -0.25) is 4.79 Å². The first-order chi connectivity index (χ1) is 20.5. The van der Waals surface area contributed by atoms with Gasteiger partial charge in [0.05, 0.1) is 8.07 Å². The minimum atomic E-state index is -1.73. The van der Waals surface area contributed by atoms with Crippen LogP contribution in [0.5, 0.6) is 0 Å². The number of allylic oxidation sites excluding steroid dienone is 2. The Hall–Kier alpha value is -2.66. The molecule has 0 unspecified atom stereocenters. The van der Waals surface area contributed by atoms with E-state index in [2.05, 4.69) is 55.8 Å². The van der Waals surface area contributed by atoms with E-state index in [0.29, 0.717) is 5.39 Å². The predicted octanol–water partition coefficient (Wildman–Crippen LogP) is 10.8. The van der Waals surface area contributed by atoms with E-state index in [-0.39, 0.29) is 48.3 Å². The van der Waals surface area contributed by atoms with Crippen LogP contribution >= 0.6 is 0 Å². The van der Waals surface area contributed by atoms with Crippen LogP contribution in [0, 0.1) is 36.6 Å². The molecule has 0 spiro atoms. The normalized spacial score (nSPS) is 12.5. The van der Waals surface area contributed by atoms with Gasteiger partial charge in [0.2, 0.25) is 0 Å². The first-order valence-corrected chi connectivity index (χ1v) is 19.5. The number of aromatic nitrogens is 1. The van der Waals surface area contributed by atoms with Gasteiger partial charge in [0.15, 0.2) is 5.78 Å². The van der Waals surface area contributed by atoms with Crippen LogP contribution in [0.3, 0.4) is 0 Å². The van der Waals surface area contributed by atoms with Crippen LogP contribution in [0.15, 0.2) is 60.5 Å². The van der Waals surface area contributed by atoms with Crippen molar-refractivity contribution in [2.75, 3.05) is 0 Å². The zero-order chi connectivity index (χ0) is 33.0. The van der Waals surface area contributed by atoms with Crippen molar-refractivity contribution in [1.82, 2.24) is 4.98 Å². The summed E-state index contributed by atoms with van der Waals surface area (Å²) in [4.78, 5) is 16.8. The Morgan fingerprint density at radius 2 is 1.40 bits per heavy atom. The largest absolute Gasteiger partial charge is 0.512 e. The molecule has 0 bridgehead atoms. The summed E-state index contributed by atoms with van der Waals surface area (Å²) in [5.41, 5.74) is 3.56. The van der Waals surface area contributed by atoms with Gasteiger partial charge in [0, 0.05) is 48.6 Å². The second-order valence-corrected chi connectivity index (χ2v) is 18.8. The average Bonchev–Trinajstić information content (AvgIpc) is 2.99. The van der Waals surface area contributed by atoms with Gasteiger partial charge in [-0.15, -0.1) is 34.9 Å². The third kappa shape index (κ3) is 8.39. The summed E-state index contributed by atoms with van der Waals surface area (Å²) < 4.78 is 15.2. The maximum absolute atomic E-state index is 15.2. The van der Waals surface area contributed by atoms with Gasteiger partial charge in [0.25, 0.3) is 0 Å². The molecule has 0 aliphatic heterocycles. The molecule has 3 nitrogen and oxygen atoms in total. The van der Waals surface area contributed by atoms with Crippen molar-refractivity contribution in [3.8, 4) is 11.3 Å². The van der Waals surface area contributed by atoms with Crippen LogP contribution in [0.4, 0.5) is 4.39 Å². The van der Waals surface area contributed by atoms with Crippen molar-refractivity contribution in [2.45, 2.75) is 101 Å². The number of benzene rings is 3. The zero-order valence-electron chi connectivity index (χ0n) is 29.0. The number of rotatable bonds is 9. The molecule has 4 rings (SSSR count). The fraction of sp³-hybridized carbons (Fsp3) is 0.436. The third-order valence-corrected chi connectivity index (χ3v) is 11.7. The number of pyridine rings is 1. The van der Waals surface area contributed by atoms with E-state index in [4.69, 9.17) is 0 Å². The molecule has 1 radical (unpaired) electrons. The van der Waals surface area contributed by atoms with Crippen molar-refractivity contribution in [3.63, 3.8) is 0 Å². The van der Waals surface area contributed by atoms with Gasteiger partial charge in [-0.2, -0.15) is 0 Å². The molecule has 0 atom stereocenters. The van der Waals surface area contributed by atoms with Gasteiger partial charge < -0.3 is 10.1 Å². The van der Waals surface area contributed by atoms with E-state index in [1.807, 2.05) is 78.9 Å². The van der Waals surface area contributed by atoms with Gasteiger partial charge in [-0.25, -0.2) is 4.39 Å². The number of carbonyl (C=O) groups excluding carboxylic acids is 1. The molecule has 1 N–H and O–H groups in total. The first kappa shape index (κ1) is 38.5. The Bertz CT molecular complexity index is 1660.